The number of hydrogen-bond acceptors (Lipinski definition) is 4. The van der Waals surface area contributed by atoms with Gasteiger partial charge in [0.15, 0.2) is 0 Å². The van der Waals surface area contributed by atoms with E-state index in [9.17, 15) is 14.4 Å². The molecule has 0 bridgehead atoms. The van der Waals surface area contributed by atoms with Crippen molar-refractivity contribution in [2.45, 2.75) is 33.1 Å². The third kappa shape index (κ3) is 5.13. The molecule has 28 heavy (non-hydrogen) atoms. The fourth-order valence-corrected chi connectivity index (χ4v) is 3.27. The summed E-state index contributed by atoms with van der Waals surface area (Å²) in [6, 6.07) is 15.5. The Kier molecular flexibility index (Phi) is 5.68. The Bertz CT molecular complexity index is 916. The molecule has 1 aliphatic carbocycles. The van der Waals surface area contributed by atoms with Crippen molar-refractivity contribution < 1.29 is 14.4 Å². The number of anilines is 1. The van der Waals surface area contributed by atoms with Crippen molar-refractivity contribution in [1.82, 2.24) is 5.43 Å². The number of benzene rings is 2. The van der Waals surface area contributed by atoms with Crippen LogP contribution in [-0.2, 0) is 4.79 Å². The maximum absolute atomic E-state index is 12.3. The van der Waals surface area contributed by atoms with Gasteiger partial charge in [0.1, 0.15) is 5.78 Å². The molecular weight excluding hydrogens is 354 g/mol. The van der Waals surface area contributed by atoms with Crippen molar-refractivity contribution >= 4 is 29.0 Å². The van der Waals surface area contributed by atoms with Crippen molar-refractivity contribution in [2.24, 2.45) is 10.5 Å². The van der Waals surface area contributed by atoms with E-state index in [4.69, 9.17) is 0 Å². The van der Waals surface area contributed by atoms with Crippen LogP contribution in [0.3, 0.4) is 0 Å². The van der Waals surface area contributed by atoms with Crippen LogP contribution in [0.2, 0.25) is 0 Å². The molecule has 1 fully saturated rings. The lowest BCUT2D eigenvalue weighted by atomic mass is 9.76. The second kappa shape index (κ2) is 8.17. The highest BCUT2D eigenvalue weighted by Crippen LogP contribution is 2.31. The van der Waals surface area contributed by atoms with Crippen molar-refractivity contribution in [2.75, 3.05) is 5.32 Å². The fourth-order valence-electron chi connectivity index (χ4n) is 3.27. The molecule has 0 saturated heterocycles. The van der Waals surface area contributed by atoms with E-state index in [0.717, 1.165) is 0 Å². The molecule has 1 saturated carbocycles. The van der Waals surface area contributed by atoms with Crippen LogP contribution in [0.4, 0.5) is 5.69 Å². The predicted molar refractivity (Wildman–Crippen MR) is 108 cm³/mol. The normalized spacial score (nSPS) is 17.2. The number of Topliss-reactive ketones (excluding diaryl/α,β-unsaturated/α-hetero) is 1. The standard InChI is InChI=1S/C22H23N3O3/c1-22(2)13-18(12-19(26)14-22)24-25-21(28)16-8-10-17(11-9-16)23-20(27)15-6-4-3-5-7-15/h3-11H,12-14H2,1-2H3,(H,23,27)(H,25,28)/b24-18+. The Morgan fingerprint density at radius 3 is 2.18 bits per heavy atom. The van der Waals surface area contributed by atoms with Gasteiger partial charge < -0.3 is 5.32 Å². The summed E-state index contributed by atoms with van der Waals surface area (Å²) >= 11 is 0. The van der Waals surface area contributed by atoms with Gasteiger partial charge in [-0.25, -0.2) is 5.43 Å². The van der Waals surface area contributed by atoms with Gasteiger partial charge in [-0.15, -0.1) is 0 Å². The fraction of sp³-hybridized carbons (Fsp3) is 0.273. The maximum atomic E-state index is 12.3. The molecule has 3 rings (SSSR count). The molecule has 6 heteroatoms. The van der Waals surface area contributed by atoms with Crippen LogP contribution in [0.1, 0.15) is 53.8 Å². The summed E-state index contributed by atoms with van der Waals surface area (Å²) in [5.41, 5.74) is 4.66. The Morgan fingerprint density at radius 1 is 0.893 bits per heavy atom. The highest BCUT2D eigenvalue weighted by molar-refractivity contribution is 6.06. The SMILES string of the molecule is CC1(C)CC(=O)C/C(=N\NC(=O)c2ccc(NC(=O)c3ccccc3)cc2)C1. The van der Waals surface area contributed by atoms with Crippen LogP contribution >= 0.6 is 0 Å². The number of carbonyl (C=O) groups is 3. The van der Waals surface area contributed by atoms with E-state index in [-0.39, 0.29) is 29.4 Å². The van der Waals surface area contributed by atoms with Crippen molar-refractivity contribution in [3.05, 3.63) is 65.7 Å². The molecule has 2 aromatic carbocycles. The van der Waals surface area contributed by atoms with Gasteiger partial charge in [0, 0.05) is 35.4 Å². The first-order valence-corrected chi connectivity index (χ1v) is 9.16. The van der Waals surface area contributed by atoms with Gasteiger partial charge in [-0.2, -0.15) is 5.10 Å². The zero-order chi connectivity index (χ0) is 20.1. The minimum atomic E-state index is -0.357. The first-order chi connectivity index (χ1) is 13.3. The van der Waals surface area contributed by atoms with Crippen molar-refractivity contribution in [3.63, 3.8) is 0 Å². The minimum Gasteiger partial charge on any atom is -0.322 e. The van der Waals surface area contributed by atoms with E-state index < -0.39 is 0 Å². The van der Waals surface area contributed by atoms with Gasteiger partial charge in [-0.3, -0.25) is 14.4 Å². The van der Waals surface area contributed by atoms with E-state index in [1.807, 2.05) is 19.9 Å². The quantitative estimate of drug-likeness (QED) is 0.795. The molecule has 2 aromatic rings. The molecule has 144 valence electrons. The highest BCUT2D eigenvalue weighted by atomic mass is 16.2. The van der Waals surface area contributed by atoms with Crippen molar-refractivity contribution in [3.8, 4) is 0 Å². The molecule has 0 spiro atoms. The molecule has 0 atom stereocenters. The van der Waals surface area contributed by atoms with Gasteiger partial charge in [-0.05, 0) is 48.2 Å². The number of amides is 2. The third-order valence-corrected chi connectivity index (χ3v) is 4.52. The third-order valence-electron chi connectivity index (χ3n) is 4.52. The van der Waals surface area contributed by atoms with Gasteiger partial charge in [-0.1, -0.05) is 32.0 Å². The molecule has 6 nitrogen and oxygen atoms in total. The summed E-state index contributed by atoms with van der Waals surface area (Å²) in [4.78, 5) is 36.3. The Labute approximate surface area is 164 Å². The van der Waals surface area contributed by atoms with Gasteiger partial charge in [0.05, 0.1) is 0 Å². The molecule has 1 aliphatic rings. The van der Waals surface area contributed by atoms with Crippen LogP contribution in [0.15, 0.2) is 59.7 Å². The first kappa shape index (κ1) is 19.5. The number of rotatable bonds is 4. The Balaban J connectivity index is 1.60. The van der Waals surface area contributed by atoms with E-state index >= 15 is 0 Å². The second-order valence-electron chi connectivity index (χ2n) is 7.75. The molecule has 0 heterocycles. The average molecular weight is 377 g/mol. The largest absolute Gasteiger partial charge is 0.322 e. The lowest BCUT2D eigenvalue weighted by Gasteiger charge is -2.28. The van der Waals surface area contributed by atoms with Gasteiger partial charge in [0.25, 0.3) is 11.8 Å². The van der Waals surface area contributed by atoms with E-state index in [1.54, 1.807) is 48.5 Å². The zero-order valence-electron chi connectivity index (χ0n) is 16.0. The zero-order valence-corrected chi connectivity index (χ0v) is 16.0. The molecule has 2 N–H and O–H groups in total. The summed E-state index contributed by atoms with van der Waals surface area (Å²) in [7, 11) is 0. The summed E-state index contributed by atoms with van der Waals surface area (Å²) < 4.78 is 0. The van der Waals surface area contributed by atoms with Crippen LogP contribution in [-0.4, -0.2) is 23.3 Å². The summed E-state index contributed by atoms with van der Waals surface area (Å²) in [6.07, 6.45) is 1.51. The van der Waals surface area contributed by atoms with E-state index in [1.165, 1.54) is 0 Å². The Hall–Kier alpha value is -3.28. The van der Waals surface area contributed by atoms with Crippen LogP contribution in [0.25, 0.3) is 0 Å². The lowest BCUT2D eigenvalue weighted by Crippen LogP contribution is -2.31. The van der Waals surface area contributed by atoms with Gasteiger partial charge >= 0.3 is 0 Å². The minimum absolute atomic E-state index is 0.127. The topological polar surface area (TPSA) is 87.6 Å². The number of nitrogens with one attached hydrogen (secondary N) is 2. The monoisotopic (exact) mass is 377 g/mol. The predicted octanol–water partition coefficient (Wildman–Crippen LogP) is 3.80. The summed E-state index contributed by atoms with van der Waals surface area (Å²) in [5, 5.41) is 6.93. The maximum Gasteiger partial charge on any atom is 0.271 e. The number of carbonyl (C=O) groups excluding carboxylic acids is 3. The average Bonchev–Trinajstić information content (AvgIpc) is 2.66. The molecule has 2 amide bonds. The van der Waals surface area contributed by atoms with Crippen LogP contribution in [0.5, 0.6) is 0 Å². The molecule has 0 aliphatic heterocycles. The molecule has 0 radical (unpaired) electrons. The summed E-state index contributed by atoms with van der Waals surface area (Å²) in [6.45, 7) is 4.04. The number of hydrogen-bond donors (Lipinski definition) is 2. The van der Waals surface area contributed by atoms with Gasteiger partial charge in [0.2, 0.25) is 0 Å². The summed E-state index contributed by atoms with van der Waals surface area (Å²) in [5.74, 6) is -0.430. The van der Waals surface area contributed by atoms with Crippen molar-refractivity contribution in [1.29, 1.82) is 0 Å². The van der Waals surface area contributed by atoms with Crippen LogP contribution in [0, 0.1) is 5.41 Å². The molecule has 0 unspecified atom stereocenters. The Morgan fingerprint density at radius 2 is 1.54 bits per heavy atom. The van der Waals surface area contributed by atoms with Crippen LogP contribution < -0.4 is 10.7 Å². The lowest BCUT2D eigenvalue weighted by molar-refractivity contribution is -0.120. The first-order valence-electron chi connectivity index (χ1n) is 9.16. The van der Waals surface area contributed by atoms with E-state index in [0.29, 0.717) is 35.4 Å². The molecule has 0 aromatic heterocycles. The second-order valence-corrected chi connectivity index (χ2v) is 7.75. The number of ketones is 1. The molecular formula is C22H23N3O3. The number of nitrogens with zero attached hydrogens (tertiary/aromatic N) is 1. The van der Waals surface area contributed by atoms with E-state index in [2.05, 4.69) is 15.8 Å². The number of hydrazone groups is 1. The highest BCUT2D eigenvalue weighted by Gasteiger charge is 2.30. The smallest absolute Gasteiger partial charge is 0.271 e.